The summed E-state index contributed by atoms with van der Waals surface area (Å²) in [7, 11) is 0. The summed E-state index contributed by atoms with van der Waals surface area (Å²) in [6, 6.07) is 11.4. The molecule has 0 atom stereocenters. The maximum atomic E-state index is 12.8. The van der Waals surface area contributed by atoms with Gasteiger partial charge in [-0.1, -0.05) is 29.8 Å². The fourth-order valence-electron chi connectivity index (χ4n) is 1.74. The Hall–Kier alpha value is -1.87. The van der Waals surface area contributed by atoms with Crippen LogP contribution in [-0.4, -0.2) is 5.91 Å². The first-order valence-corrected chi connectivity index (χ1v) is 5.24. The van der Waals surface area contributed by atoms with E-state index in [-0.39, 0.29) is 18.2 Å². The highest BCUT2D eigenvalue weighted by molar-refractivity contribution is 5.99. The summed E-state index contributed by atoms with van der Waals surface area (Å²) in [5, 5.41) is 0. The molecule has 0 bridgehead atoms. The third-order valence-corrected chi connectivity index (χ3v) is 2.60. The average molecular weight is 266 g/mol. The van der Waals surface area contributed by atoms with Crippen LogP contribution in [-0.2, 0) is 0 Å². The molecule has 0 fully saturated rings. The van der Waals surface area contributed by atoms with E-state index in [0.29, 0.717) is 5.56 Å². The Morgan fingerprint density at radius 2 is 1.72 bits per heavy atom. The molecule has 2 aromatic rings. The predicted molar refractivity (Wildman–Crippen MR) is 72.3 cm³/mol. The number of aryl methyl sites for hydroxylation is 1. The maximum absolute atomic E-state index is 12.8. The van der Waals surface area contributed by atoms with Crippen LogP contribution in [0.3, 0.4) is 0 Å². The maximum Gasteiger partial charge on any atom is 0.249 e. The first-order valence-electron chi connectivity index (χ1n) is 5.24. The summed E-state index contributed by atoms with van der Waals surface area (Å²) >= 11 is 0. The highest BCUT2D eigenvalue weighted by Crippen LogP contribution is 2.25. The average Bonchev–Trinajstić information content (AvgIpc) is 2.29. The Labute approximate surface area is 111 Å². The van der Waals surface area contributed by atoms with Gasteiger partial charge in [-0.25, -0.2) is 4.39 Å². The van der Waals surface area contributed by atoms with Crippen LogP contribution in [0.25, 0.3) is 11.1 Å². The van der Waals surface area contributed by atoms with Gasteiger partial charge in [0.05, 0.1) is 0 Å². The molecule has 0 aliphatic rings. The van der Waals surface area contributed by atoms with Gasteiger partial charge in [0.25, 0.3) is 0 Å². The molecule has 0 spiro atoms. The highest BCUT2D eigenvalue weighted by Gasteiger charge is 2.09. The minimum atomic E-state index is -0.482. The molecule has 0 aromatic heterocycles. The summed E-state index contributed by atoms with van der Waals surface area (Å²) in [5.74, 6) is -0.786. The number of nitrogens with two attached hydrogens (primary N) is 1. The summed E-state index contributed by atoms with van der Waals surface area (Å²) in [5.41, 5.74) is 8.30. The molecule has 1 amide bonds. The molecule has 4 heteroatoms. The fourth-order valence-corrected chi connectivity index (χ4v) is 1.74. The van der Waals surface area contributed by atoms with Crippen LogP contribution in [0.15, 0.2) is 42.5 Å². The van der Waals surface area contributed by atoms with Gasteiger partial charge in [-0.15, -0.1) is 12.4 Å². The minimum Gasteiger partial charge on any atom is -0.366 e. The zero-order valence-corrected chi connectivity index (χ0v) is 10.6. The van der Waals surface area contributed by atoms with Crippen molar-refractivity contribution in [1.29, 1.82) is 0 Å². The number of hydrogen-bond acceptors (Lipinski definition) is 1. The summed E-state index contributed by atoms with van der Waals surface area (Å²) < 4.78 is 12.8. The molecule has 2 N–H and O–H groups in total. The number of carbonyl (C=O) groups excluding carboxylic acids is 1. The second-order valence-corrected chi connectivity index (χ2v) is 3.92. The molecule has 18 heavy (non-hydrogen) atoms. The molecule has 0 radical (unpaired) electrons. The van der Waals surface area contributed by atoms with E-state index in [1.165, 1.54) is 12.1 Å². The molecule has 2 aromatic carbocycles. The SMILES string of the molecule is Cc1ccc(C(N)=O)c(-c2ccc(F)cc2)c1.Cl. The third kappa shape index (κ3) is 2.87. The molecule has 0 aliphatic carbocycles. The van der Waals surface area contributed by atoms with Gasteiger partial charge in [-0.05, 0) is 36.2 Å². The van der Waals surface area contributed by atoms with E-state index in [4.69, 9.17) is 5.73 Å². The van der Waals surface area contributed by atoms with Gasteiger partial charge in [0.1, 0.15) is 5.82 Å². The Morgan fingerprint density at radius 3 is 2.28 bits per heavy atom. The Kier molecular flexibility index (Phi) is 4.45. The smallest absolute Gasteiger partial charge is 0.249 e. The number of halogens is 2. The zero-order valence-electron chi connectivity index (χ0n) is 9.81. The zero-order chi connectivity index (χ0) is 12.4. The van der Waals surface area contributed by atoms with Gasteiger partial charge in [0, 0.05) is 5.56 Å². The second kappa shape index (κ2) is 5.65. The van der Waals surface area contributed by atoms with Crippen LogP contribution in [0.1, 0.15) is 15.9 Å². The van der Waals surface area contributed by atoms with Gasteiger partial charge >= 0.3 is 0 Å². The van der Waals surface area contributed by atoms with Crippen LogP contribution in [0.5, 0.6) is 0 Å². The predicted octanol–water partition coefficient (Wildman–Crippen LogP) is 3.32. The van der Waals surface area contributed by atoms with Crippen molar-refractivity contribution in [2.24, 2.45) is 5.73 Å². The monoisotopic (exact) mass is 265 g/mol. The molecule has 0 saturated carbocycles. The van der Waals surface area contributed by atoms with E-state index >= 15 is 0 Å². The molecule has 2 rings (SSSR count). The summed E-state index contributed by atoms with van der Waals surface area (Å²) in [6.07, 6.45) is 0. The van der Waals surface area contributed by atoms with Crippen molar-refractivity contribution in [3.63, 3.8) is 0 Å². The number of amides is 1. The lowest BCUT2D eigenvalue weighted by molar-refractivity contribution is 0.100. The lowest BCUT2D eigenvalue weighted by atomic mass is 9.97. The topological polar surface area (TPSA) is 43.1 Å². The standard InChI is InChI=1S/C14H12FNO.ClH/c1-9-2-7-12(14(16)17)13(8-9)10-3-5-11(15)6-4-10;/h2-8H,1H3,(H2,16,17);1H. The normalized spacial score (nSPS) is 9.67. The molecular formula is C14H13ClFNO. The van der Waals surface area contributed by atoms with Crippen molar-refractivity contribution in [3.8, 4) is 11.1 Å². The van der Waals surface area contributed by atoms with Crippen molar-refractivity contribution in [2.75, 3.05) is 0 Å². The Morgan fingerprint density at radius 1 is 1.11 bits per heavy atom. The minimum absolute atomic E-state index is 0. The second-order valence-electron chi connectivity index (χ2n) is 3.92. The molecular weight excluding hydrogens is 253 g/mol. The molecule has 94 valence electrons. The third-order valence-electron chi connectivity index (χ3n) is 2.60. The first kappa shape index (κ1) is 14.2. The van der Waals surface area contributed by atoms with Crippen molar-refractivity contribution in [1.82, 2.24) is 0 Å². The van der Waals surface area contributed by atoms with E-state index < -0.39 is 5.91 Å². The van der Waals surface area contributed by atoms with Gasteiger partial charge in [-0.2, -0.15) is 0 Å². The van der Waals surface area contributed by atoms with Crippen LogP contribution in [0.2, 0.25) is 0 Å². The Balaban J connectivity index is 0.00000162. The molecule has 0 aliphatic heterocycles. The fraction of sp³-hybridized carbons (Fsp3) is 0.0714. The van der Waals surface area contributed by atoms with Gasteiger partial charge in [0.15, 0.2) is 0 Å². The summed E-state index contributed by atoms with van der Waals surface area (Å²) in [4.78, 5) is 11.3. The number of primary amides is 1. The molecule has 0 saturated heterocycles. The van der Waals surface area contributed by atoms with Crippen LogP contribution in [0.4, 0.5) is 4.39 Å². The van der Waals surface area contributed by atoms with Crippen LogP contribution >= 0.6 is 12.4 Å². The lowest BCUT2D eigenvalue weighted by Crippen LogP contribution is -2.12. The quantitative estimate of drug-likeness (QED) is 0.889. The van der Waals surface area contributed by atoms with Crippen molar-refractivity contribution >= 4 is 18.3 Å². The van der Waals surface area contributed by atoms with Crippen LogP contribution in [0, 0.1) is 12.7 Å². The van der Waals surface area contributed by atoms with Crippen molar-refractivity contribution < 1.29 is 9.18 Å². The summed E-state index contributed by atoms with van der Waals surface area (Å²) in [6.45, 7) is 1.93. The van der Waals surface area contributed by atoms with E-state index in [0.717, 1.165) is 16.7 Å². The van der Waals surface area contributed by atoms with Gasteiger partial charge in [-0.3, -0.25) is 4.79 Å². The largest absolute Gasteiger partial charge is 0.366 e. The lowest BCUT2D eigenvalue weighted by Gasteiger charge is -2.08. The van der Waals surface area contributed by atoms with Crippen molar-refractivity contribution in [2.45, 2.75) is 6.92 Å². The van der Waals surface area contributed by atoms with Crippen molar-refractivity contribution in [3.05, 3.63) is 59.4 Å². The number of hydrogen-bond donors (Lipinski definition) is 1. The number of rotatable bonds is 2. The van der Waals surface area contributed by atoms with E-state index in [2.05, 4.69) is 0 Å². The number of benzene rings is 2. The first-order chi connectivity index (χ1) is 8.08. The van der Waals surface area contributed by atoms with Gasteiger partial charge < -0.3 is 5.73 Å². The Bertz CT molecular complexity index is 567. The molecule has 0 unspecified atom stereocenters. The van der Waals surface area contributed by atoms with E-state index in [1.54, 1.807) is 18.2 Å². The highest BCUT2D eigenvalue weighted by atomic mass is 35.5. The number of carbonyl (C=O) groups is 1. The van der Waals surface area contributed by atoms with E-state index in [9.17, 15) is 9.18 Å². The molecule has 0 heterocycles. The van der Waals surface area contributed by atoms with Gasteiger partial charge in [0.2, 0.25) is 5.91 Å². The molecule has 2 nitrogen and oxygen atoms in total. The van der Waals surface area contributed by atoms with Crippen LogP contribution < -0.4 is 5.73 Å². The van der Waals surface area contributed by atoms with E-state index in [1.807, 2.05) is 19.1 Å².